The Hall–Kier alpha value is -3.26. The molecule has 0 spiro atoms. The maximum absolute atomic E-state index is 5.33. The van der Waals surface area contributed by atoms with Gasteiger partial charge in [-0.1, -0.05) is 18.2 Å². The van der Waals surface area contributed by atoms with Crippen LogP contribution in [0.3, 0.4) is 0 Å². The summed E-state index contributed by atoms with van der Waals surface area (Å²) in [5, 5.41) is 13.3. The van der Waals surface area contributed by atoms with Crippen LogP contribution in [0, 0.1) is 0 Å². The highest BCUT2D eigenvalue weighted by molar-refractivity contribution is 7.27. The average molecular weight is 483 g/mol. The smallest absolute Gasteiger partial charge is 0.107 e. The Morgan fingerprint density at radius 2 is 1.58 bits per heavy atom. The molecule has 4 heterocycles. The Morgan fingerprint density at radius 3 is 2.27 bits per heavy atom. The quantitative estimate of drug-likeness (QED) is 0.273. The number of aromatic nitrogens is 2. The van der Waals surface area contributed by atoms with Gasteiger partial charge >= 0.3 is 0 Å². The molecule has 4 nitrogen and oxygen atoms in total. The summed E-state index contributed by atoms with van der Waals surface area (Å²) in [7, 11) is 3.82. The van der Waals surface area contributed by atoms with Gasteiger partial charge in [-0.15, -0.1) is 34.0 Å². The molecule has 4 aromatic heterocycles. The summed E-state index contributed by atoms with van der Waals surface area (Å²) in [6.45, 7) is 0. The van der Waals surface area contributed by atoms with Crippen molar-refractivity contribution in [3.8, 4) is 19.5 Å². The number of hydrogen-bond acceptors (Lipinski definition) is 6. The number of nitrogens with one attached hydrogen (secondary N) is 2. The van der Waals surface area contributed by atoms with E-state index in [1.165, 1.54) is 35.7 Å². The third-order valence-corrected chi connectivity index (χ3v) is 9.54. The van der Waals surface area contributed by atoms with Crippen LogP contribution in [0.1, 0.15) is 0 Å². The van der Waals surface area contributed by atoms with Gasteiger partial charge in [0.15, 0.2) is 0 Å². The highest BCUT2D eigenvalue weighted by Gasteiger charge is 2.22. The number of aromatic amines is 1. The van der Waals surface area contributed by atoms with Gasteiger partial charge in [0, 0.05) is 51.1 Å². The third kappa shape index (κ3) is 2.61. The zero-order chi connectivity index (χ0) is 22.1. The first-order valence-corrected chi connectivity index (χ1v) is 13.2. The van der Waals surface area contributed by atoms with Crippen molar-refractivity contribution in [1.82, 2.24) is 9.97 Å². The van der Waals surface area contributed by atoms with Crippen molar-refractivity contribution in [2.45, 2.75) is 0 Å². The Kier molecular flexibility index (Phi) is 4.15. The van der Waals surface area contributed by atoms with Gasteiger partial charge in [0.1, 0.15) is 5.52 Å². The molecule has 7 heteroatoms. The van der Waals surface area contributed by atoms with Gasteiger partial charge < -0.3 is 10.3 Å². The van der Waals surface area contributed by atoms with Crippen molar-refractivity contribution in [1.29, 1.82) is 0 Å². The number of H-pyrrole nitrogens is 1. The molecular formula is C26H18N4S3. The van der Waals surface area contributed by atoms with E-state index < -0.39 is 0 Å². The normalized spacial score (nSPS) is 12.7. The Bertz CT molecular complexity index is 1770. The molecule has 2 N–H and O–H groups in total. The average Bonchev–Trinajstić information content (AvgIpc) is 3.64. The Balaban J connectivity index is 1.69. The molecular weight excluding hydrogens is 465 g/mol. The maximum atomic E-state index is 5.33. The molecule has 0 unspecified atom stereocenters. The molecule has 0 saturated carbocycles. The molecule has 7 aromatic rings. The van der Waals surface area contributed by atoms with E-state index in [1.54, 1.807) is 22.7 Å². The molecule has 0 aliphatic rings. The summed E-state index contributed by atoms with van der Waals surface area (Å²) >= 11 is 5.37. The number of anilines is 1. The number of fused-ring (bicyclic) bond motifs is 4. The monoisotopic (exact) mass is 482 g/mol. The van der Waals surface area contributed by atoms with Crippen molar-refractivity contribution < 1.29 is 0 Å². The lowest BCUT2D eigenvalue weighted by atomic mass is 10.0. The number of rotatable bonds is 3. The van der Waals surface area contributed by atoms with Crippen LogP contribution in [0.25, 0.3) is 63.1 Å². The van der Waals surface area contributed by atoms with Crippen LogP contribution in [0.15, 0.2) is 64.3 Å². The molecule has 0 atom stereocenters. The largest absolute Gasteiger partial charge is 0.388 e. The molecule has 0 aliphatic carbocycles. The van der Waals surface area contributed by atoms with Crippen LogP contribution in [-0.2, 0) is 0 Å². The van der Waals surface area contributed by atoms with Crippen molar-refractivity contribution in [2.75, 3.05) is 19.4 Å². The predicted molar refractivity (Wildman–Crippen MR) is 145 cm³/mol. The molecule has 0 aliphatic heterocycles. The molecule has 33 heavy (non-hydrogen) atoms. The topological polar surface area (TPSA) is 53.1 Å². The van der Waals surface area contributed by atoms with Gasteiger partial charge in [-0.25, -0.2) is 4.98 Å². The SMILES string of the molecule is CN=c1ccc2c3nc4c(-c5cccs5)sc(-c5cccs5)c4[nH]c3c3ccc(NC)c1c23. The molecule has 0 amide bonds. The van der Waals surface area contributed by atoms with E-state index in [0.717, 1.165) is 38.5 Å². The number of thiophene rings is 3. The summed E-state index contributed by atoms with van der Waals surface area (Å²) in [5.41, 5.74) is 5.36. The minimum absolute atomic E-state index is 0.993. The van der Waals surface area contributed by atoms with E-state index in [9.17, 15) is 0 Å². The summed E-state index contributed by atoms with van der Waals surface area (Å²) in [4.78, 5) is 18.7. The maximum Gasteiger partial charge on any atom is 0.107 e. The van der Waals surface area contributed by atoms with E-state index in [-0.39, 0.29) is 0 Å². The van der Waals surface area contributed by atoms with Crippen LogP contribution in [0.4, 0.5) is 5.69 Å². The molecule has 0 saturated heterocycles. The standard InChI is InChI=1S/C26H18N4S3/c1-27-15-9-7-13-19-14(8-10-16(28-2)20(15)19)22-21(13)29-23-24(30-22)26(18-6-4-12-32-18)33-25(23)17-5-3-11-31-17/h3-12,27,29H,1-2H3. The van der Waals surface area contributed by atoms with E-state index in [1.807, 2.05) is 25.4 Å². The fourth-order valence-corrected chi connectivity index (χ4v) is 7.73. The molecule has 0 radical (unpaired) electrons. The van der Waals surface area contributed by atoms with Gasteiger partial charge in [0.2, 0.25) is 0 Å². The Morgan fingerprint density at radius 1 is 0.818 bits per heavy atom. The van der Waals surface area contributed by atoms with Gasteiger partial charge in [0.25, 0.3) is 0 Å². The minimum atomic E-state index is 0.993. The summed E-state index contributed by atoms with van der Waals surface area (Å²) in [6.07, 6.45) is 0. The summed E-state index contributed by atoms with van der Waals surface area (Å²) < 4.78 is 0. The second-order valence-corrected chi connectivity index (χ2v) is 10.8. The second kappa shape index (κ2) is 7.12. The highest BCUT2D eigenvalue weighted by Crippen LogP contribution is 2.47. The second-order valence-electron chi connectivity index (χ2n) is 7.92. The lowest BCUT2D eigenvalue weighted by Gasteiger charge is -2.07. The van der Waals surface area contributed by atoms with E-state index in [2.05, 4.69) is 74.6 Å². The first kappa shape index (κ1) is 19.2. The van der Waals surface area contributed by atoms with Crippen LogP contribution < -0.4 is 10.7 Å². The van der Waals surface area contributed by atoms with Crippen LogP contribution in [0.2, 0.25) is 0 Å². The van der Waals surface area contributed by atoms with Gasteiger partial charge in [-0.2, -0.15) is 0 Å². The number of nitrogens with zero attached hydrogens (tertiary/aromatic N) is 2. The molecule has 7 rings (SSSR count). The fourth-order valence-electron chi connectivity index (χ4n) is 4.82. The van der Waals surface area contributed by atoms with Gasteiger partial charge in [-0.3, -0.25) is 4.99 Å². The van der Waals surface area contributed by atoms with E-state index >= 15 is 0 Å². The predicted octanol–water partition coefficient (Wildman–Crippen LogP) is 7.55. The van der Waals surface area contributed by atoms with Crippen molar-refractivity contribution in [3.63, 3.8) is 0 Å². The van der Waals surface area contributed by atoms with Gasteiger partial charge in [0.05, 0.1) is 31.7 Å². The Labute approximate surface area is 201 Å². The van der Waals surface area contributed by atoms with Crippen molar-refractivity contribution >= 4 is 83.3 Å². The van der Waals surface area contributed by atoms with Gasteiger partial charge in [-0.05, 0) is 41.1 Å². The van der Waals surface area contributed by atoms with Crippen LogP contribution >= 0.6 is 34.0 Å². The highest BCUT2D eigenvalue weighted by atomic mass is 32.1. The first-order valence-electron chi connectivity index (χ1n) is 10.6. The van der Waals surface area contributed by atoms with Crippen molar-refractivity contribution in [3.05, 3.63) is 64.6 Å². The number of hydrogen-bond donors (Lipinski definition) is 2. The molecule has 160 valence electrons. The molecule has 0 fully saturated rings. The molecule has 3 aromatic carbocycles. The van der Waals surface area contributed by atoms with Crippen LogP contribution in [0.5, 0.6) is 0 Å². The summed E-state index contributed by atoms with van der Waals surface area (Å²) in [6, 6.07) is 17.2. The fraction of sp³-hybridized carbons (Fsp3) is 0.0769. The minimum Gasteiger partial charge on any atom is -0.388 e. The lowest BCUT2D eigenvalue weighted by Crippen LogP contribution is -2.04. The van der Waals surface area contributed by atoms with Crippen LogP contribution in [-0.4, -0.2) is 24.1 Å². The zero-order valence-electron chi connectivity index (χ0n) is 17.9. The third-order valence-electron chi connectivity index (χ3n) is 6.26. The summed E-state index contributed by atoms with van der Waals surface area (Å²) in [5.74, 6) is 0. The zero-order valence-corrected chi connectivity index (χ0v) is 20.3. The van der Waals surface area contributed by atoms with Crippen molar-refractivity contribution in [2.24, 2.45) is 4.99 Å². The first-order chi connectivity index (χ1) is 16.3. The number of benzene rings is 2. The molecule has 0 bridgehead atoms. The van der Waals surface area contributed by atoms with E-state index in [4.69, 9.17) is 4.98 Å². The van der Waals surface area contributed by atoms with E-state index in [0.29, 0.717) is 0 Å². The lowest BCUT2D eigenvalue weighted by molar-refractivity contribution is 1.30.